The quantitative estimate of drug-likeness (QED) is 0.782. The Bertz CT molecular complexity index is 461. The molecule has 0 saturated carbocycles. The summed E-state index contributed by atoms with van der Waals surface area (Å²) in [6.07, 6.45) is -0.964. The maximum absolute atomic E-state index is 13.4. The summed E-state index contributed by atoms with van der Waals surface area (Å²) in [5, 5.41) is 11.0. The Morgan fingerprint density at radius 2 is 2.21 bits per heavy atom. The van der Waals surface area contributed by atoms with Gasteiger partial charge in [0.2, 0.25) is 0 Å². The smallest absolute Gasteiger partial charge is 0.332 e. The number of benzene rings is 1. The molecule has 19 heavy (non-hydrogen) atoms. The molecule has 1 atom stereocenters. The molecule has 1 amide bonds. The SMILES string of the molecule is CC(OCCNC(=O)c1c(F)cccc1Cl)C(=O)O. The molecule has 1 aromatic rings. The van der Waals surface area contributed by atoms with Gasteiger partial charge in [-0.1, -0.05) is 17.7 Å². The number of rotatable bonds is 6. The fourth-order valence-electron chi connectivity index (χ4n) is 1.27. The third kappa shape index (κ3) is 4.50. The van der Waals surface area contributed by atoms with Gasteiger partial charge in [0.05, 0.1) is 17.2 Å². The largest absolute Gasteiger partial charge is 0.479 e. The van der Waals surface area contributed by atoms with Crippen LogP contribution in [0.3, 0.4) is 0 Å². The average Bonchev–Trinajstić information content (AvgIpc) is 2.34. The first kappa shape index (κ1) is 15.4. The van der Waals surface area contributed by atoms with E-state index in [2.05, 4.69) is 5.32 Å². The Hall–Kier alpha value is -1.66. The second kappa shape index (κ2) is 7.06. The van der Waals surface area contributed by atoms with Crippen LogP contribution in [0.4, 0.5) is 4.39 Å². The first-order valence-corrected chi connectivity index (χ1v) is 5.88. The number of nitrogens with one attached hydrogen (secondary N) is 1. The highest BCUT2D eigenvalue weighted by atomic mass is 35.5. The van der Waals surface area contributed by atoms with Crippen molar-refractivity contribution in [2.75, 3.05) is 13.2 Å². The van der Waals surface area contributed by atoms with Crippen molar-refractivity contribution in [3.05, 3.63) is 34.6 Å². The zero-order valence-electron chi connectivity index (χ0n) is 10.2. The molecule has 0 spiro atoms. The summed E-state index contributed by atoms with van der Waals surface area (Å²) in [4.78, 5) is 22.1. The molecule has 0 fully saturated rings. The summed E-state index contributed by atoms with van der Waals surface area (Å²) < 4.78 is 18.3. The molecule has 1 aromatic carbocycles. The number of carbonyl (C=O) groups is 2. The van der Waals surface area contributed by atoms with E-state index in [4.69, 9.17) is 21.4 Å². The van der Waals surface area contributed by atoms with Gasteiger partial charge in [-0.05, 0) is 19.1 Å². The van der Waals surface area contributed by atoms with Crippen LogP contribution in [-0.4, -0.2) is 36.2 Å². The van der Waals surface area contributed by atoms with Crippen molar-refractivity contribution >= 4 is 23.5 Å². The second-order valence-corrected chi connectivity index (χ2v) is 4.11. The van der Waals surface area contributed by atoms with Gasteiger partial charge in [0.25, 0.3) is 5.91 Å². The number of amides is 1. The molecule has 0 saturated heterocycles. The number of carboxylic acid groups (broad SMARTS) is 1. The van der Waals surface area contributed by atoms with Crippen LogP contribution in [-0.2, 0) is 9.53 Å². The predicted octanol–water partition coefficient (Wildman–Crippen LogP) is 1.70. The van der Waals surface area contributed by atoms with Crippen LogP contribution in [0.15, 0.2) is 18.2 Å². The van der Waals surface area contributed by atoms with Crippen LogP contribution in [0.5, 0.6) is 0 Å². The maximum atomic E-state index is 13.4. The fourth-order valence-corrected chi connectivity index (χ4v) is 1.52. The van der Waals surface area contributed by atoms with E-state index in [1.807, 2.05) is 0 Å². The van der Waals surface area contributed by atoms with Crippen molar-refractivity contribution in [3.8, 4) is 0 Å². The molecule has 0 bridgehead atoms. The van der Waals surface area contributed by atoms with Gasteiger partial charge in [-0.15, -0.1) is 0 Å². The minimum Gasteiger partial charge on any atom is -0.479 e. The molecular formula is C12H13ClFNO4. The van der Waals surface area contributed by atoms with Crippen LogP contribution in [0.2, 0.25) is 5.02 Å². The molecular weight excluding hydrogens is 277 g/mol. The third-order valence-corrected chi connectivity index (χ3v) is 2.61. The van der Waals surface area contributed by atoms with Crippen LogP contribution in [0.1, 0.15) is 17.3 Å². The maximum Gasteiger partial charge on any atom is 0.332 e. The molecule has 1 unspecified atom stereocenters. The lowest BCUT2D eigenvalue weighted by atomic mass is 10.2. The number of hydrogen-bond acceptors (Lipinski definition) is 3. The van der Waals surface area contributed by atoms with Gasteiger partial charge < -0.3 is 15.2 Å². The molecule has 0 heterocycles. The third-order valence-electron chi connectivity index (χ3n) is 2.29. The zero-order valence-corrected chi connectivity index (χ0v) is 10.9. The molecule has 2 N–H and O–H groups in total. The van der Waals surface area contributed by atoms with E-state index < -0.39 is 23.8 Å². The number of halogens is 2. The van der Waals surface area contributed by atoms with E-state index in [0.29, 0.717) is 0 Å². The first-order valence-electron chi connectivity index (χ1n) is 5.50. The highest BCUT2D eigenvalue weighted by Gasteiger charge is 2.15. The topological polar surface area (TPSA) is 75.6 Å². The van der Waals surface area contributed by atoms with E-state index in [1.165, 1.54) is 19.1 Å². The highest BCUT2D eigenvalue weighted by molar-refractivity contribution is 6.33. The molecule has 1 rings (SSSR count). The monoisotopic (exact) mass is 289 g/mol. The zero-order chi connectivity index (χ0) is 14.4. The van der Waals surface area contributed by atoms with Crippen molar-refractivity contribution in [1.82, 2.24) is 5.32 Å². The van der Waals surface area contributed by atoms with Gasteiger partial charge in [-0.3, -0.25) is 4.79 Å². The molecule has 0 aliphatic heterocycles. The van der Waals surface area contributed by atoms with Crippen LogP contribution in [0, 0.1) is 5.82 Å². The lowest BCUT2D eigenvalue weighted by Crippen LogP contribution is -2.30. The van der Waals surface area contributed by atoms with Crippen LogP contribution in [0.25, 0.3) is 0 Å². The van der Waals surface area contributed by atoms with Crippen molar-refractivity contribution in [2.24, 2.45) is 0 Å². The highest BCUT2D eigenvalue weighted by Crippen LogP contribution is 2.18. The molecule has 7 heteroatoms. The van der Waals surface area contributed by atoms with Gasteiger partial charge in [0, 0.05) is 6.54 Å². The number of ether oxygens (including phenoxy) is 1. The van der Waals surface area contributed by atoms with Crippen molar-refractivity contribution in [1.29, 1.82) is 0 Å². The Morgan fingerprint density at radius 3 is 2.79 bits per heavy atom. The number of aliphatic carboxylic acids is 1. The molecule has 0 aliphatic rings. The van der Waals surface area contributed by atoms with E-state index >= 15 is 0 Å². The summed E-state index contributed by atoms with van der Waals surface area (Å²) in [6.45, 7) is 1.43. The predicted molar refractivity (Wildman–Crippen MR) is 66.8 cm³/mol. The normalized spacial score (nSPS) is 11.9. The Kier molecular flexibility index (Phi) is 5.72. The summed E-state index contributed by atoms with van der Waals surface area (Å²) in [5.41, 5.74) is -0.240. The van der Waals surface area contributed by atoms with Crippen molar-refractivity contribution < 1.29 is 23.8 Å². The van der Waals surface area contributed by atoms with Crippen molar-refractivity contribution in [3.63, 3.8) is 0 Å². The van der Waals surface area contributed by atoms with E-state index in [-0.39, 0.29) is 23.7 Å². The van der Waals surface area contributed by atoms with Crippen molar-refractivity contribution in [2.45, 2.75) is 13.0 Å². The lowest BCUT2D eigenvalue weighted by Gasteiger charge is -2.10. The second-order valence-electron chi connectivity index (χ2n) is 3.70. The van der Waals surface area contributed by atoms with Gasteiger partial charge >= 0.3 is 5.97 Å². The minimum atomic E-state index is -1.09. The number of hydrogen-bond donors (Lipinski definition) is 2. The Balaban J connectivity index is 2.46. The van der Waals surface area contributed by atoms with Gasteiger partial charge in [-0.2, -0.15) is 0 Å². The van der Waals surface area contributed by atoms with E-state index in [0.717, 1.165) is 6.07 Å². The summed E-state index contributed by atoms with van der Waals surface area (Å²) in [5.74, 6) is -2.48. The van der Waals surface area contributed by atoms with Crippen LogP contribution >= 0.6 is 11.6 Å². The number of carbonyl (C=O) groups excluding carboxylic acids is 1. The van der Waals surface area contributed by atoms with Crippen LogP contribution < -0.4 is 5.32 Å². The molecule has 5 nitrogen and oxygen atoms in total. The van der Waals surface area contributed by atoms with E-state index in [9.17, 15) is 14.0 Å². The lowest BCUT2D eigenvalue weighted by molar-refractivity contribution is -0.148. The first-order chi connectivity index (χ1) is 8.93. The standard InChI is InChI=1S/C12H13ClFNO4/c1-7(12(17)18)19-6-5-15-11(16)10-8(13)3-2-4-9(10)14/h2-4,7H,5-6H2,1H3,(H,15,16)(H,17,18). The summed E-state index contributed by atoms with van der Waals surface area (Å²) in [6, 6.07) is 3.93. The Morgan fingerprint density at radius 1 is 1.53 bits per heavy atom. The minimum absolute atomic E-state index is 0.00524. The average molecular weight is 290 g/mol. The van der Waals surface area contributed by atoms with Gasteiger partial charge in [0.1, 0.15) is 5.82 Å². The van der Waals surface area contributed by atoms with Gasteiger partial charge in [-0.25, -0.2) is 9.18 Å². The molecule has 0 radical (unpaired) electrons. The summed E-state index contributed by atoms with van der Waals surface area (Å²) >= 11 is 5.72. The summed E-state index contributed by atoms with van der Waals surface area (Å²) in [7, 11) is 0. The molecule has 104 valence electrons. The molecule has 0 aromatic heterocycles. The Labute approximate surface area is 114 Å². The fraction of sp³-hybridized carbons (Fsp3) is 0.333. The number of carboxylic acids is 1. The van der Waals surface area contributed by atoms with E-state index in [1.54, 1.807) is 0 Å². The molecule has 0 aliphatic carbocycles. The van der Waals surface area contributed by atoms with Gasteiger partial charge in [0.15, 0.2) is 6.10 Å².